The van der Waals surface area contributed by atoms with E-state index < -0.39 is 11.6 Å². The van der Waals surface area contributed by atoms with E-state index in [0.717, 1.165) is 0 Å². The minimum absolute atomic E-state index is 0.133. The van der Waals surface area contributed by atoms with E-state index in [4.69, 9.17) is 11.2 Å². The van der Waals surface area contributed by atoms with E-state index in [2.05, 4.69) is 5.92 Å². The monoisotopic (exact) mass is 244 g/mol. The number of methoxy groups -OCH3 is 1. The summed E-state index contributed by atoms with van der Waals surface area (Å²) in [4.78, 5) is 0. The first kappa shape index (κ1) is 12.1. The Labute approximate surface area is 104 Å². The van der Waals surface area contributed by atoms with Gasteiger partial charge in [0.1, 0.15) is 17.4 Å². The van der Waals surface area contributed by atoms with Crippen molar-refractivity contribution >= 4 is 0 Å². The van der Waals surface area contributed by atoms with E-state index >= 15 is 0 Å². The lowest BCUT2D eigenvalue weighted by atomic mass is 10.0. The minimum atomic E-state index is -0.650. The second-order valence-corrected chi connectivity index (χ2v) is 3.66. The van der Waals surface area contributed by atoms with Crippen molar-refractivity contribution in [3.05, 3.63) is 53.6 Å². The van der Waals surface area contributed by atoms with Gasteiger partial charge in [0.05, 0.1) is 12.7 Å². The third-order valence-electron chi connectivity index (χ3n) is 2.60. The van der Waals surface area contributed by atoms with Crippen molar-refractivity contribution in [1.29, 1.82) is 0 Å². The maximum atomic E-state index is 13.7. The third kappa shape index (κ3) is 2.05. The molecule has 0 unspecified atom stereocenters. The van der Waals surface area contributed by atoms with Crippen molar-refractivity contribution in [3.8, 4) is 29.2 Å². The smallest absolute Gasteiger partial charge is 0.134 e. The summed E-state index contributed by atoms with van der Waals surface area (Å²) >= 11 is 0. The van der Waals surface area contributed by atoms with Crippen LogP contribution in [0.2, 0.25) is 0 Å². The van der Waals surface area contributed by atoms with Gasteiger partial charge in [0, 0.05) is 11.1 Å². The molecule has 90 valence electrons. The van der Waals surface area contributed by atoms with Gasteiger partial charge in [0.25, 0.3) is 0 Å². The lowest BCUT2D eigenvalue weighted by Gasteiger charge is -2.11. The van der Waals surface area contributed by atoms with Crippen molar-refractivity contribution in [3.63, 3.8) is 0 Å². The van der Waals surface area contributed by atoms with Crippen molar-refractivity contribution in [2.75, 3.05) is 7.11 Å². The van der Waals surface area contributed by atoms with E-state index in [0.29, 0.717) is 16.9 Å². The van der Waals surface area contributed by atoms with Gasteiger partial charge in [0.2, 0.25) is 0 Å². The molecule has 2 aromatic carbocycles. The predicted molar refractivity (Wildman–Crippen MR) is 66.3 cm³/mol. The molecule has 0 radical (unpaired) electrons. The number of rotatable bonds is 2. The summed E-state index contributed by atoms with van der Waals surface area (Å²) in [5, 5.41) is 0. The fourth-order valence-corrected chi connectivity index (χ4v) is 1.75. The molecule has 3 heteroatoms. The molecule has 1 nitrogen and oxygen atoms in total. The number of hydrogen-bond acceptors (Lipinski definition) is 1. The molecule has 0 fully saturated rings. The van der Waals surface area contributed by atoms with Crippen LogP contribution in [0.25, 0.3) is 11.1 Å². The average Bonchev–Trinajstić information content (AvgIpc) is 2.38. The maximum absolute atomic E-state index is 13.7. The first-order chi connectivity index (χ1) is 8.67. The Hall–Kier alpha value is -2.34. The Balaban J connectivity index is 2.73. The molecule has 0 aliphatic carbocycles. The zero-order valence-corrected chi connectivity index (χ0v) is 9.71. The molecular weight excluding hydrogens is 234 g/mol. The summed E-state index contributed by atoms with van der Waals surface area (Å²) in [6.45, 7) is 0. The number of hydrogen-bond donors (Lipinski definition) is 0. The summed E-state index contributed by atoms with van der Waals surface area (Å²) < 4.78 is 32.6. The first-order valence-electron chi connectivity index (χ1n) is 5.26. The van der Waals surface area contributed by atoms with Crippen LogP contribution in [0.5, 0.6) is 5.75 Å². The van der Waals surface area contributed by atoms with Gasteiger partial charge in [-0.3, -0.25) is 0 Å². The summed E-state index contributed by atoms with van der Waals surface area (Å²) in [5.74, 6) is 1.50. The van der Waals surface area contributed by atoms with Crippen LogP contribution in [0, 0.1) is 24.0 Å². The quantitative estimate of drug-likeness (QED) is 0.733. The van der Waals surface area contributed by atoms with E-state index in [-0.39, 0.29) is 5.56 Å². The SMILES string of the molecule is C#Cc1ccc(OC)c(-c2c(F)cccc2F)c1. The minimum Gasteiger partial charge on any atom is -0.496 e. The highest BCUT2D eigenvalue weighted by Gasteiger charge is 2.15. The molecule has 0 aromatic heterocycles. The molecule has 0 aliphatic heterocycles. The average molecular weight is 244 g/mol. The normalized spacial score (nSPS) is 9.89. The Kier molecular flexibility index (Phi) is 3.29. The molecule has 0 amide bonds. The van der Waals surface area contributed by atoms with Crippen molar-refractivity contribution in [1.82, 2.24) is 0 Å². The number of terminal acetylenes is 1. The van der Waals surface area contributed by atoms with Crippen molar-refractivity contribution in [2.24, 2.45) is 0 Å². The molecule has 0 N–H and O–H groups in total. The fourth-order valence-electron chi connectivity index (χ4n) is 1.75. The summed E-state index contributed by atoms with van der Waals surface area (Å²) in [6, 6.07) is 8.48. The van der Waals surface area contributed by atoms with E-state index in [1.165, 1.54) is 31.4 Å². The predicted octanol–water partition coefficient (Wildman–Crippen LogP) is 3.62. The molecule has 0 spiro atoms. The van der Waals surface area contributed by atoms with Gasteiger partial charge in [-0.1, -0.05) is 12.0 Å². The molecule has 0 atom stereocenters. The topological polar surface area (TPSA) is 9.23 Å². The van der Waals surface area contributed by atoms with Crippen LogP contribution < -0.4 is 4.74 Å². The van der Waals surface area contributed by atoms with Crippen LogP contribution in [0.4, 0.5) is 8.78 Å². The zero-order chi connectivity index (χ0) is 13.1. The third-order valence-corrected chi connectivity index (χ3v) is 2.60. The standard InChI is InChI=1S/C15H10F2O/c1-3-10-7-8-14(18-2)11(9-10)15-12(16)5-4-6-13(15)17/h1,4-9H,2H3. The van der Waals surface area contributed by atoms with E-state index in [9.17, 15) is 8.78 Å². The Bertz CT molecular complexity index is 607. The Morgan fingerprint density at radius 2 is 1.78 bits per heavy atom. The van der Waals surface area contributed by atoms with Crippen LogP contribution in [-0.2, 0) is 0 Å². The summed E-state index contributed by atoms with van der Waals surface area (Å²) in [7, 11) is 1.44. The van der Waals surface area contributed by atoms with Gasteiger partial charge in [-0.05, 0) is 30.3 Å². The van der Waals surface area contributed by atoms with Crippen LogP contribution in [0.3, 0.4) is 0 Å². The molecule has 0 bridgehead atoms. The lowest BCUT2D eigenvalue weighted by Crippen LogP contribution is -1.94. The van der Waals surface area contributed by atoms with Gasteiger partial charge in [0.15, 0.2) is 0 Å². The largest absolute Gasteiger partial charge is 0.496 e. The molecule has 0 aliphatic rings. The second kappa shape index (κ2) is 4.89. The summed E-state index contributed by atoms with van der Waals surface area (Å²) in [6.07, 6.45) is 5.29. The lowest BCUT2D eigenvalue weighted by molar-refractivity contribution is 0.415. The van der Waals surface area contributed by atoms with Gasteiger partial charge in [-0.25, -0.2) is 8.78 Å². The van der Waals surface area contributed by atoms with Crippen molar-refractivity contribution < 1.29 is 13.5 Å². The van der Waals surface area contributed by atoms with Gasteiger partial charge in [-0.2, -0.15) is 0 Å². The van der Waals surface area contributed by atoms with Crippen LogP contribution in [-0.4, -0.2) is 7.11 Å². The highest BCUT2D eigenvalue weighted by Crippen LogP contribution is 2.34. The molecule has 0 saturated heterocycles. The Morgan fingerprint density at radius 1 is 1.11 bits per heavy atom. The molecule has 2 rings (SSSR count). The fraction of sp³-hybridized carbons (Fsp3) is 0.0667. The van der Waals surface area contributed by atoms with E-state index in [1.54, 1.807) is 12.1 Å². The number of benzene rings is 2. The number of halogens is 2. The summed E-state index contributed by atoms with van der Waals surface area (Å²) in [5.41, 5.74) is 0.712. The zero-order valence-electron chi connectivity index (χ0n) is 9.71. The maximum Gasteiger partial charge on any atom is 0.134 e. The van der Waals surface area contributed by atoms with Gasteiger partial charge in [-0.15, -0.1) is 6.42 Å². The van der Waals surface area contributed by atoms with Crippen LogP contribution in [0.1, 0.15) is 5.56 Å². The van der Waals surface area contributed by atoms with Crippen LogP contribution >= 0.6 is 0 Å². The molecule has 0 heterocycles. The Morgan fingerprint density at radius 3 is 2.33 bits per heavy atom. The molecular formula is C15H10F2O. The van der Waals surface area contributed by atoms with Crippen molar-refractivity contribution in [2.45, 2.75) is 0 Å². The van der Waals surface area contributed by atoms with Gasteiger partial charge < -0.3 is 4.74 Å². The van der Waals surface area contributed by atoms with Crippen LogP contribution in [0.15, 0.2) is 36.4 Å². The highest BCUT2D eigenvalue weighted by molar-refractivity contribution is 5.73. The second-order valence-electron chi connectivity index (χ2n) is 3.66. The molecule has 2 aromatic rings. The van der Waals surface area contributed by atoms with E-state index in [1.807, 2.05) is 0 Å². The highest BCUT2D eigenvalue weighted by atomic mass is 19.1. The van der Waals surface area contributed by atoms with Gasteiger partial charge >= 0.3 is 0 Å². The number of ether oxygens (including phenoxy) is 1. The first-order valence-corrected chi connectivity index (χ1v) is 5.26. The molecule has 18 heavy (non-hydrogen) atoms. The molecule has 0 saturated carbocycles.